The first kappa shape index (κ1) is 19.0. The van der Waals surface area contributed by atoms with Crippen LogP contribution in [0.4, 0.5) is 0 Å². The minimum atomic E-state index is -0.379. The number of amides is 1. The quantitative estimate of drug-likeness (QED) is 0.555. The number of pyridine rings is 3. The van der Waals surface area contributed by atoms with Gasteiger partial charge in [-0.2, -0.15) is 0 Å². The predicted molar refractivity (Wildman–Crippen MR) is 115 cm³/mol. The van der Waals surface area contributed by atoms with Gasteiger partial charge < -0.3 is 5.32 Å². The van der Waals surface area contributed by atoms with Crippen LogP contribution in [-0.2, 0) is 6.54 Å². The Balaban J connectivity index is 1.50. The smallest absolute Gasteiger partial charge is 0.270 e. The van der Waals surface area contributed by atoms with E-state index < -0.39 is 0 Å². The van der Waals surface area contributed by atoms with E-state index in [1.807, 2.05) is 18.2 Å². The molecule has 1 N–H and O–H groups in total. The van der Waals surface area contributed by atoms with Gasteiger partial charge in [0, 0.05) is 36.8 Å². The van der Waals surface area contributed by atoms with Gasteiger partial charge in [-0.15, -0.1) is 0 Å². The Hall–Kier alpha value is -3.94. The number of carbonyl (C=O) groups excluding carboxylic acids is 1. The van der Waals surface area contributed by atoms with Crippen LogP contribution in [0, 0.1) is 0 Å². The van der Waals surface area contributed by atoms with Crippen molar-refractivity contribution in [3.8, 4) is 11.3 Å². The third-order valence-corrected chi connectivity index (χ3v) is 5.44. The van der Waals surface area contributed by atoms with Gasteiger partial charge in [0.25, 0.3) is 11.5 Å². The van der Waals surface area contributed by atoms with Crippen LogP contribution in [0.2, 0.25) is 0 Å². The number of carbonyl (C=O) groups is 1. The average molecular weight is 412 g/mol. The first-order valence-corrected chi connectivity index (χ1v) is 10.2. The molecule has 154 valence electrons. The molecule has 0 aliphatic carbocycles. The second kappa shape index (κ2) is 8.06. The van der Waals surface area contributed by atoms with Gasteiger partial charge in [0.1, 0.15) is 11.5 Å². The molecule has 5 rings (SSSR count). The lowest BCUT2D eigenvalue weighted by Gasteiger charge is -2.19. The Labute approximate surface area is 178 Å². The highest BCUT2D eigenvalue weighted by Crippen LogP contribution is 2.24. The summed E-state index contributed by atoms with van der Waals surface area (Å²) in [6.45, 7) is 0.587. The highest BCUT2D eigenvalue weighted by molar-refractivity contribution is 5.94. The molecule has 4 aromatic heterocycles. The number of nitrogens with zero attached hydrogens (tertiary/aromatic N) is 5. The maximum Gasteiger partial charge on any atom is 0.270 e. The molecule has 0 spiro atoms. The fourth-order valence-electron chi connectivity index (χ4n) is 3.88. The lowest BCUT2D eigenvalue weighted by atomic mass is 10.1. The molecule has 8 nitrogen and oxygen atoms in total. The molecular formula is C23H20N6O2. The van der Waals surface area contributed by atoms with Crippen molar-refractivity contribution in [1.82, 2.24) is 29.8 Å². The van der Waals surface area contributed by atoms with Crippen LogP contribution in [0.1, 0.15) is 41.6 Å². The molecule has 0 bridgehead atoms. The molecule has 8 heteroatoms. The summed E-state index contributed by atoms with van der Waals surface area (Å²) >= 11 is 0. The molecule has 0 saturated heterocycles. The second-order valence-corrected chi connectivity index (χ2v) is 7.49. The van der Waals surface area contributed by atoms with Crippen molar-refractivity contribution in [2.45, 2.75) is 31.8 Å². The summed E-state index contributed by atoms with van der Waals surface area (Å²) in [4.78, 5) is 43.3. The Kier molecular flexibility index (Phi) is 4.95. The van der Waals surface area contributed by atoms with E-state index in [-0.39, 0.29) is 17.5 Å². The van der Waals surface area contributed by atoms with Crippen molar-refractivity contribution in [3.05, 3.63) is 82.9 Å². The summed E-state index contributed by atoms with van der Waals surface area (Å²) in [6, 6.07) is 11.8. The second-order valence-electron chi connectivity index (χ2n) is 7.49. The Bertz CT molecular complexity index is 1320. The van der Waals surface area contributed by atoms with Gasteiger partial charge in [0.15, 0.2) is 0 Å². The van der Waals surface area contributed by atoms with E-state index >= 15 is 0 Å². The van der Waals surface area contributed by atoms with Crippen molar-refractivity contribution in [3.63, 3.8) is 0 Å². The van der Waals surface area contributed by atoms with E-state index in [0.29, 0.717) is 35.7 Å². The summed E-state index contributed by atoms with van der Waals surface area (Å²) in [6.07, 6.45) is 7.46. The van der Waals surface area contributed by atoms with Gasteiger partial charge >= 0.3 is 0 Å². The van der Waals surface area contributed by atoms with Crippen LogP contribution in [0.3, 0.4) is 0 Å². The molecule has 0 aromatic carbocycles. The maximum absolute atomic E-state index is 13.0. The van der Waals surface area contributed by atoms with Crippen molar-refractivity contribution < 1.29 is 4.79 Å². The maximum atomic E-state index is 13.0. The zero-order chi connectivity index (χ0) is 21.2. The van der Waals surface area contributed by atoms with Crippen molar-refractivity contribution in [1.29, 1.82) is 0 Å². The topological polar surface area (TPSA) is 103 Å². The molecule has 31 heavy (non-hydrogen) atoms. The van der Waals surface area contributed by atoms with E-state index in [0.717, 1.165) is 23.9 Å². The number of hydrogen-bond donors (Lipinski definition) is 1. The third-order valence-electron chi connectivity index (χ3n) is 5.44. The molecule has 0 saturated carbocycles. The summed E-state index contributed by atoms with van der Waals surface area (Å²) in [7, 11) is 0. The summed E-state index contributed by atoms with van der Waals surface area (Å²) in [5, 5.41) is 3.05. The molecule has 5 heterocycles. The van der Waals surface area contributed by atoms with E-state index in [1.165, 1.54) is 0 Å². The third kappa shape index (κ3) is 3.79. The van der Waals surface area contributed by atoms with Gasteiger partial charge in [-0.05, 0) is 55.7 Å². The van der Waals surface area contributed by atoms with Gasteiger partial charge in [-0.1, -0.05) is 0 Å². The van der Waals surface area contributed by atoms with Crippen LogP contribution in [0.25, 0.3) is 22.3 Å². The predicted octanol–water partition coefficient (Wildman–Crippen LogP) is 2.90. The average Bonchev–Trinajstić information content (AvgIpc) is 3.02. The van der Waals surface area contributed by atoms with Crippen molar-refractivity contribution in [2.75, 3.05) is 0 Å². The number of rotatable bonds is 3. The molecule has 1 amide bonds. The molecular weight excluding hydrogens is 392 g/mol. The standard InChI is InChI=1S/C23H20N6O2/c30-21-14-20(15-8-11-24-12-9-15)27-22-18(4-1-2-13-29(21)22)28-23(31)19-7-6-16-17(26-19)5-3-10-25-16/h3,5-12,14,18H,1-2,4,13H2,(H,28,31). The molecule has 1 atom stereocenters. The highest BCUT2D eigenvalue weighted by atomic mass is 16.2. The number of aromatic nitrogens is 5. The van der Waals surface area contributed by atoms with Crippen LogP contribution in [0.15, 0.2) is 65.8 Å². The Morgan fingerprint density at radius 2 is 1.87 bits per heavy atom. The molecule has 4 aromatic rings. The van der Waals surface area contributed by atoms with Crippen LogP contribution in [0.5, 0.6) is 0 Å². The SMILES string of the molecule is O=C(NC1CCCCn2c1nc(-c1ccncc1)cc2=O)c1ccc2ncccc2n1. The lowest BCUT2D eigenvalue weighted by molar-refractivity contribution is 0.0927. The van der Waals surface area contributed by atoms with Gasteiger partial charge in [0.05, 0.1) is 22.8 Å². The van der Waals surface area contributed by atoms with Gasteiger partial charge in [-0.25, -0.2) is 9.97 Å². The highest BCUT2D eigenvalue weighted by Gasteiger charge is 2.25. The van der Waals surface area contributed by atoms with Crippen LogP contribution < -0.4 is 10.9 Å². The molecule has 1 aliphatic heterocycles. The van der Waals surface area contributed by atoms with Crippen LogP contribution >= 0.6 is 0 Å². The van der Waals surface area contributed by atoms with E-state index in [1.54, 1.807) is 47.4 Å². The molecule has 0 radical (unpaired) electrons. The van der Waals surface area contributed by atoms with Crippen molar-refractivity contribution in [2.24, 2.45) is 0 Å². The van der Waals surface area contributed by atoms with Gasteiger partial charge in [-0.3, -0.25) is 24.1 Å². The summed E-state index contributed by atoms with van der Waals surface area (Å²) in [5.41, 5.74) is 2.97. The van der Waals surface area contributed by atoms with Crippen molar-refractivity contribution >= 4 is 16.9 Å². The van der Waals surface area contributed by atoms with E-state index in [4.69, 9.17) is 4.98 Å². The Morgan fingerprint density at radius 3 is 2.74 bits per heavy atom. The van der Waals surface area contributed by atoms with Crippen LogP contribution in [-0.4, -0.2) is 30.4 Å². The lowest BCUT2D eigenvalue weighted by Crippen LogP contribution is -2.34. The summed E-state index contributed by atoms with van der Waals surface area (Å²) < 4.78 is 1.67. The number of hydrogen-bond acceptors (Lipinski definition) is 6. The Morgan fingerprint density at radius 1 is 1.00 bits per heavy atom. The largest absolute Gasteiger partial charge is 0.341 e. The minimum Gasteiger partial charge on any atom is -0.341 e. The fourth-order valence-corrected chi connectivity index (χ4v) is 3.88. The fraction of sp³-hybridized carbons (Fsp3) is 0.217. The molecule has 1 unspecified atom stereocenters. The van der Waals surface area contributed by atoms with Gasteiger partial charge in [0.2, 0.25) is 0 Å². The van der Waals surface area contributed by atoms with E-state index in [9.17, 15) is 9.59 Å². The first-order valence-electron chi connectivity index (χ1n) is 10.2. The molecule has 0 fully saturated rings. The summed E-state index contributed by atoms with van der Waals surface area (Å²) in [5.74, 6) is 0.278. The molecule has 1 aliphatic rings. The first-order chi connectivity index (χ1) is 15.2. The van der Waals surface area contributed by atoms with E-state index in [2.05, 4.69) is 20.3 Å². The normalized spacial score (nSPS) is 15.8. The number of nitrogens with one attached hydrogen (secondary N) is 1. The number of fused-ring (bicyclic) bond motifs is 2. The monoisotopic (exact) mass is 412 g/mol. The minimum absolute atomic E-state index is 0.118. The zero-order valence-electron chi connectivity index (χ0n) is 16.7. The zero-order valence-corrected chi connectivity index (χ0v) is 16.7.